The average Bonchev–Trinajstić information content (AvgIpc) is 3.45. The fraction of sp³-hybridized carbons (Fsp3) is 0.250. The second kappa shape index (κ2) is 11.0. The van der Waals surface area contributed by atoms with Gasteiger partial charge in [-0.3, -0.25) is 14.4 Å². The summed E-state index contributed by atoms with van der Waals surface area (Å²) in [7, 11) is 3.88. The number of aromatic amines is 1. The van der Waals surface area contributed by atoms with E-state index in [9.17, 15) is 23.2 Å². The molecular weight excluding hydrogens is 492 g/mol. The minimum absolute atomic E-state index is 0.0643. The zero-order valence-electron chi connectivity index (χ0n) is 21.6. The number of carbonyl (C=O) groups is 3. The van der Waals surface area contributed by atoms with Gasteiger partial charge in [-0.2, -0.15) is 0 Å². The number of hydrogen-bond acceptors (Lipinski definition) is 4. The molecule has 2 aliphatic rings. The second-order valence-corrected chi connectivity index (χ2v) is 9.45. The Morgan fingerprint density at radius 3 is 2.42 bits per heavy atom. The van der Waals surface area contributed by atoms with Crippen LogP contribution >= 0.6 is 0 Å². The van der Waals surface area contributed by atoms with E-state index in [0.29, 0.717) is 41.0 Å². The number of carbonyl (C=O) groups excluding carboxylic acids is 3. The van der Waals surface area contributed by atoms with Crippen molar-refractivity contribution in [2.75, 3.05) is 37.8 Å². The molecule has 0 atom stereocenters. The Labute approximate surface area is 219 Å². The van der Waals surface area contributed by atoms with Gasteiger partial charge >= 0.3 is 0 Å². The molecular formula is C28H29F2N5O3. The van der Waals surface area contributed by atoms with Gasteiger partial charge in [0.15, 0.2) is 0 Å². The fourth-order valence-electron chi connectivity index (χ4n) is 4.39. The summed E-state index contributed by atoms with van der Waals surface area (Å²) < 4.78 is 26.1. The Hall–Kier alpha value is -4.31. The molecule has 4 N–H and O–H groups in total. The SMILES string of the molecule is Cc1[nH]c(C=C2C(=O)Nc3ccc(F)cc32)c(C)c1C(=O)NCCN(C)C.O=C1Cc2cc(F)ccc2N1. The first-order valence-electron chi connectivity index (χ1n) is 12.1. The predicted octanol–water partition coefficient (Wildman–Crippen LogP) is 3.88. The molecule has 1 aromatic heterocycles. The van der Waals surface area contributed by atoms with Gasteiger partial charge in [-0.25, -0.2) is 8.78 Å². The van der Waals surface area contributed by atoms with Gasteiger partial charge in [0.2, 0.25) is 5.91 Å². The molecule has 0 unspecified atom stereocenters. The highest BCUT2D eigenvalue weighted by Crippen LogP contribution is 2.34. The van der Waals surface area contributed by atoms with Crippen LogP contribution in [0.2, 0.25) is 0 Å². The zero-order chi connectivity index (χ0) is 27.6. The first kappa shape index (κ1) is 26.7. The smallest absolute Gasteiger partial charge is 0.256 e. The van der Waals surface area contributed by atoms with Crippen LogP contribution in [-0.2, 0) is 16.0 Å². The number of aromatic nitrogens is 1. The van der Waals surface area contributed by atoms with E-state index in [4.69, 9.17) is 0 Å². The Bertz CT molecular complexity index is 1460. The summed E-state index contributed by atoms with van der Waals surface area (Å²) in [5.74, 6) is -1.21. The largest absolute Gasteiger partial charge is 0.358 e. The number of fused-ring (bicyclic) bond motifs is 2. The molecule has 10 heteroatoms. The third-order valence-electron chi connectivity index (χ3n) is 6.29. The maximum atomic E-state index is 13.6. The van der Waals surface area contributed by atoms with E-state index in [1.54, 1.807) is 18.2 Å². The summed E-state index contributed by atoms with van der Waals surface area (Å²) in [4.78, 5) is 40.7. The minimum atomic E-state index is -0.406. The van der Waals surface area contributed by atoms with Crippen molar-refractivity contribution >= 4 is 40.7 Å². The molecule has 0 fully saturated rings. The number of rotatable bonds is 5. The third kappa shape index (κ3) is 5.81. The number of anilines is 2. The number of likely N-dealkylation sites (N-methyl/N-ethyl adjacent to an activating group) is 1. The van der Waals surface area contributed by atoms with Crippen molar-refractivity contribution in [3.63, 3.8) is 0 Å². The number of hydrogen-bond donors (Lipinski definition) is 4. The topological polar surface area (TPSA) is 106 Å². The monoisotopic (exact) mass is 521 g/mol. The number of H-pyrrole nitrogens is 1. The number of aryl methyl sites for hydroxylation is 1. The van der Waals surface area contributed by atoms with Crippen LogP contribution in [-0.4, -0.2) is 54.8 Å². The van der Waals surface area contributed by atoms with Crippen LogP contribution in [0.1, 0.15) is 38.4 Å². The van der Waals surface area contributed by atoms with Gasteiger partial charge in [0.1, 0.15) is 11.6 Å². The number of benzene rings is 2. The highest BCUT2D eigenvalue weighted by molar-refractivity contribution is 6.34. The predicted molar refractivity (Wildman–Crippen MR) is 143 cm³/mol. The first-order valence-corrected chi connectivity index (χ1v) is 12.1. The van der Waals surface area contributed by atoms with Gasteiger partial charge in [-0.15, -0.1) is 0 Å². The van der Waals surface area contributed by atoms with Crippen LogP contribution in [0.15, 0.2) is 36.4 Å². The number of nitrogens with one attached hydrogen (secondary N) is 4. The van der Waals surface area contributed by atoms with Gasteiger partial charge in [-0.05, 0) is 81.5 Å². The van der Waals surface area contributed by atoms with Crippen molar-refractivity contribution in [2.24, 2.45) is 0 Å². The highest BCUT2D eigenvalue weighted by atomic mass is 19.1. The lowest BCUT2D eigenvalue weighted by Gasteiger charge is -2.10. The molecule has 198 valence electrons. The van der Waals surface area contributed by atoms with E-state index in [1.807, 2.05) is 32.8 Å². The molecule has 2 aromatic carbocycles. The molecule has 0 saturated carbocycles. The molecule has 5 rings (SSSR count). The average molecular weight is 522 g/mol. The third-order valence-corrected chi connectivity index (χ3v) is 6.29. The van der Waals surface area contributed by atoms with Crippen LogP contribution in [0.4, 0.5) is 20.2 Å². The molecule has 3 heterocycles. The summed E-state index contributed by atoms with van der Waals surface area (Å²) in [6.07, 6.45) is 1.96. The van der Waals surface area contributed by atoms with Gasteiger partial charge < -0.3 is 25.8 Å². The molecule has 0 spiro atoms. The molecule has 2 aliphatic heterocycles. The summed E-state index contributed by atoms with van der Waals surface area (Å²) in [5.41, 5.74) is 5.64. The molecule has 38 heavy (non-hydrogen) atoms. The second-order valence-electron chi connectivity index (χ2n) is 9.45. The zero-order valence-corrected chi connectivity index (χ0v) is 21.6. The van der Waals surface area contributed by atoms with E-state index in [0.717, 1.165) is 29.1 Å². The lowest BCUT2D eigenvalue weighted by atomic mass is 10.0. The number of amides is 3. The van der Waals surface area contributed by atoms with E-state index in [-0.39, 0.29) is 23.5 Å². The van der Waals surface area contributed by atoms with E-state index in [1.165, 1.54) is 24.3 Å². The Balaban J connectivity index is 0.000000253. The molecule has 3 aromatic rings. The van der Waals surface area contributed by atoms with Gasteiger partial charge in [0.05, 0.1) is 17.6 Å². The quantitative estimate of drug-likeness (QED) is 0.383. The van der Waals surface area contributed by atoms with Crippen LogP contribution in [0.3, 0.4) is 0 Å². The van der Waals surface area contributed by atoms with E-state index < -0.39 is 5.82 Å². The Morgan fingerprint density at radius 1 is 1.03 bits per heavy atom. The molecule has 3 amide bonds. The van der Waals surface area contributed by atoms with Crippen molar-refractivity contribution in [2.45, 2.75) is 20.3 Å². The fourth-order valence-corrected chi connectivity index (χ4v) is 4.39. The van der Waals surface area contributed by atoms with Crippen LogP contribution < -0.4 is 16.0 Å². The van der Waals surface area contributed by atoms with Crippen molar-refractivity contribution in [1.82, 2.24) is 15.2 Å². The Kier molecular flexibility index (Phi) is 7.72. The van der Waals surface area contributed by atoms with Crippen molar-refractivity contribution in [3.8, 4) is 0 Å². The number of halogens is 2. The van der Waals surface area contributed by atoms with E-state index in [2.05, 4.69) is 20.9 Å². The summed E-state index contributed by atoms with van der Waals surface area (Å²) in [6, 6.07) is 8.48. The highest BCUT2D eigenvalue weighted by Gasteiger charge is 2.26. The van der Waals surface area contributed by atoms with E-state index >= 15 is 0 Å². The van der Waals surface area contributed by atoms with Gasteiger partial charge in [-0.1, -0.05) is 0 Å². The normalized spacial score (nSPS) is 14.6. The lowest BCUT2D eigenvalue weighted by Crippen LogP contribution is -2.31. The lowest BCUT2D eigenvalue weighted by molar-refractivity contribution is -0.115. The van der Waals surface area contributed by atoms with Gasteiger partial charge in [0, 0.05) is 41.4 Å². The molecule has 0 saturated heterocycles. The molecule has 0 radical (unpaired) electrons. The van der Waals surface area contributed by atoms with Crippen molar-refractivity contribution in [1.29, 1.82) is 0 Å². The summed E-state index contributed by atoms with van der Waals surface area (Å²) in [5, 5.41) is 8.24. The Morgan fingerprint density at radius 2 is 1.71 bits per heavy atom. The van der Waals surface area contributed by atoms with Crippen LogP contribution in [0.25, 0.3) is 11.6 Å². The van der Waals surface area contributed by atoms with Crippen LogP contribution in [0.5, 0.6) is 0 Å². The maximum Gasteiger partial charge on any atom is 0.256 e. The maximum absolute atomic E-state index is 13.6. The molecule has 0 aliphatic carbocycles. The van der Waals surface area contributed by atoms with Crippen molar-refractivity contribution < 1.29 is 23.2 Å². The summed E-state index contributed by atoms with van der Waals surface area (Å²) in [6.45, 7) is 4.93. The molecule has 0 bridgehead atoms. The first-order chi connectivity index (χ1) is 18.0. The van der Waals surface area contributed by atoms with Gasteiger partial charge in [0.25, 0.3) is 11.8 Å². The molecule has 8 nitrogen and oxygen atoms in total. The number of nitrogens with zero attached hydrogens (tertiary/aromatic N) is 1. The van der Waals surface area contributed by atoms with Crippen LogP contribution in [0, 0.1) is 25.5 Å². The van der Waals surface area contributed by atoms with Crippen molar-refractivity contribution in [3.05, 3.63) is 81.7 Å². The summed E-state index contributed by atoms with van der Waals surface area (Å²) >= 11 is 0. The minimum Gasteiger partial charge on any atom is -0.358 e. The standard InChI is InChI=1S/C20H23FN4O2.C8H6FNO/c1-11-17(23-12(2)18(11)20(27)22-7-8-25(3)4)10-15-14-9-13(21)5-6-16(14)24-19(15)26;9-6-1-2-7-5(3-6)4-8(11)10-7/h5-6,9-10,23H,7-8H2,1-4H3,(H,22,27)(H,24,26);1-3H,4H2,(H,10,11).